The third-order valence-electron chi connectivity index (χ3n) is 7.24. The summed E-state index contributed by atoms with van der Waals surface area (Å²) in [5.74, 6) is 0.816. The second-order valence-corrected chi connectivity index (χ2v) is 10.9. The predicted molar refractivity (Wildman–Crippen MR) is 124 cm³/mol. The average Bonchev–Trinajstić information content (AvgIpc) is 3.14. The first kappa shape index (κ1) is 21.4. The molecule has 3 aliphatic rings. The molecular formula is C26H34N4O2. The van der Waals surface area contributed by atoms with E-state index in [1.807, 2.05) is 44.9 Å². The van der Waals surface area contributed by atoms with Gasteiger partial charge in [-0.25, -0.2) is 14.8 Å². The molecule has 32 heavy (non-hydrogen) atoms. The SMILES string of the molecule is Cc1ccnc(-c2ccc3c(c2)CC[C@H]3N2CC3(CCN(C(=O)OC(C)(C)C)CC3)C2)n1. The van der Waals surface area contributed by atoms with Crippen molar-refractivity contribution in [2.45, 2.75) is 65.0 Å². The molecule has 170 valence electrons. The van der Waals surface area contributed by atoms with E-state index >= 15 is 0 Å². The van der Waals surface area contributed by atoms with Crippen LogP contribution in [0.2, 0.25) is 0 Å². The molecule has 0 N–H and O–H groups in total. The van der Waals surface area contributed by atoms with E-state index in [0.717, 1.165) is 62.5 Å². The third-order valence-corrected chi connectivity index (χ3v) is 7.24. The molecule has 6 nitrogen and oxygen atoms in total. The van der Waals surface area contributed by atoms with Crippen molar-refractivity contribution >= 4 is 6.09 Å². The molecule has 2 aliphatic heterocycles. The van der Waals surface area contributed by atoms with Gasteiger partial charge in [-0.1, -0.05) is 12.1 Å². The van der Waals surface area contributed by atoms with Gasteiger partial charge in [0, 0.05) is 49.7 Å². The summed E-state index contributed by atoms with van der Waals surface area (Å²) in [4.78, 5) is 26.0. The van der Waals surface area contributed by atoms with E-state index in [9.17, 15) is 4.79 Å². The third kappa shape index (κ3) is 4.13. The van der Waals surface area contributed by atoms with Crippen LogP contribution in [0, 0.1) is 12.3 Å². The Bertz CT molecular complexity index is 1010. The number of carbonyl (C=O) groups is 1. The minimum Gasteiger partial charge on any atom is -0.444 e. The minimum atomic E-state index is -0.430. The van der Waals surface area contributed by atoms with Crippen LogP contribution in [0.4, 0.5) is 4.79 Å². The molecule has 5 rings (SSSR count). The second-order valence-electron chi connectivity index (χ2n) is 10.9. The van der Waals surface area contributed by atoms with Gasteiger partial charge in [0.2, 0.25) is 0 Å². The molecule has 1 aromatic carbocycles. The molecule has 3 heterocycles. The maximum atomic E-state index is 12.4. The van der Waals surface area contributed by atoms with Crippen molar-refractivity contribution in [3.8, 4) is 11.4 Å². The number of amides is 1. The second kappa shape index (κ2) is 7.84. The van der Waals surface area contributed by atoms with Crippen molar-refractivity contribution in [3.05, 3.63) is 47.3 Å². The summed E-state index contributed by atoms with van der Waals surface area (Å²) >= 11 is 0. The fraction of sp³-hybridized carbons (Fsp3) is 0.577. The zero-order valence-corrected chi connectivity index (χ0v) is 19.7. The van der Waals surface area contributed by atoms with Crippen LogP contribution in [0.3, 0.4) is 0 Å². The Hall–Kier alpha value is -2.47. The van der Waals surface area contributed by atoms with E-state index in [1.54, 1.807) is 0 Å². The quantitative estimate of drug-likeness (QED) is 0.681. The molecule has 2 fully saturated rings. The number of carbonyl (C=O) groups excluding carboxylic acids is 1. The number of piperidine rings is 1. The Morgan fingerprint density at radius 2 is 1.91 bits per heavy atom. The minimum absolute atomic E-state index is 0.165. The van der Waals surface area contributed by atoms with Gasteiger partial charge in [0.15, 0.2) is 5.82 Å². The summed E-state index contributed by atoms with van der Waals surface area (Å²) in [6.45, 7) is 11.7. The van der Waals surface area contributed by atoms with Gasteiger partial charge in [-0.15, -0.1) is 0 Å². The highest BCUT2D eigenvalue weighted by Gasteiger charge is 2.48. The Kier molecular flexibility index (Phi) is 5.24. The van der Waals surface area contributed by atoms with Crippen LogP contribution < -0.4 is 0 Å². The molecular weight excluding hydrogens is 400 g/mol. The van der Waals surface area contributed by atoms with Gasteiger partial charge < -0.3 is 9.64 Å². The first-order valence-electron chi connectivity index (χ1n) is 11.9. The lowest BCUT2D eigenvalue weighted by molar-refractivity contribution is -0.0716. The molecule has 2 saturated heterocycles. The Morgan fingerprint density at radius 3 is 2.59 bits per heavy atom. The number of aromatic nitrogens is 2. The van der Waals surface area contributed by atoms with Gasteiger partial charge >= 0.3 is 6.09 Å². The lowest BCUT2D eigenvalue weighted by atomic mass is 9.71. The summed E-state index contributed by atoms with van der Waals surface area (Å²) in [7, 11) is 0. The molecule has 1 atom stereocenters. The van der Waals surface area contributed by atoms with Gasteiger partial charge in [-0.05, 0) is 82.1 Å². The molecule has 0 saturated carbocycles. The van der Waals surface area contributed by atoms with Crippen LogP contribution in [0.15, 0.2) is 30.5 Å². The number of nitrogens with zero attached hydrogens (tertiary/aromatic N) is 4. The molecule has 1 spiro atoms. The Morgan fingerprint density at radius 1 is 1.16 bits per heavy atom. The molecule has 6 heteroatoms. The molecule has 0 bridgehead atoms. The summed E-state index contributed by atoms with van der Waals surface area (Å²) in [5.41, 5.74) is 4.97. The summed E-state index contributed by atoms with van der Waals surface area (Å²) in [6.07, 6.45) is 6.13. The number of aryl methyl sites for hydroxylation is 2. The summed E-state index contributed by atoms with van der Waals surface area (Å²) in [5, 5.41) is 0. The van der Waals surface area contributed by atoms with Crippen molar-refractivity contribution in [3.63, 3.8) is 0 Å². The number of benzene rings is 1. The molecule has 0 radical (unpaired) electrons. The maximum absolute atomic E-state index is 12.4. The largest absolute Gasteiger partial charge is 0.444 e. The molecule has 1 aromatic heterocycles. The highest BCUT2D eigenvalue weighted by molar-refractivity contribution is 5.68. The fourth-order valence-electron chi connectivity index (χ4n) is 5.54. The van der Waals surface area contributed by atoms with Crippen LogP contribution in [0.5, 0.6) is 0 Å². The van der Waals surface area contributed by atoms with Crippen LogP contribution >= 0.6 is 0 Å². The number of ether oxygens (including phenoxy) is 1. The topological polar surface area (TPSA) is 58.6 Å². The van der Waals surface area contributed by atoms with Crippen LogP contribution in [-0.4, -0.2) is 57.6 Å². The van der Waals surface area contributed by atoms with Crippen molar-refractivity contribution in [2.75, 3.05) is 26.2 Å². The highest BCUT2D eigenvalue weighted by atomic mass is 16.6. The number of hydrogen-bond acceptors (Lipinski definition) is 5. The first-order chi connectivity index (χ1) is 15.2. The highest BCUT2D eigenvalue weighted by Crippen LogP contribution is 2.48. The maximum Gasteiger partial charge on any atom is 0.410 e. The van der Waals surface area contributed by atoms with E-state index in [4.69, 9.17) is 4.74 Å². The number of hydrogen-bond donors (Lipinski definition) is 0. The van der Waals surface area contributed by atoms with E-state index in [-0.39, 0.29) is 6.09 Å². The van der Waals surface area contributed by atoms with Crippen LogP contribution in [0.25, 0.3) is 11.4 Å². The van der Waals surface area contributed by atoms with Gasteiger partial charge in [-0.2, -0.15) is 0 Å². The summed E-state index contributed by atoms with van der Waals surface area (Å²) in [6, 6.07) is 9.22. The van der Waals surface area contributed by atoms with Gasteiger partial charge in [0.25, 0.3) is 0 Å². The lowest BCUT2D eigenvalue weighted by Gasteiger charge is -2.56. The number of fused-ring (bicyclic) bond motifs is 1. The van der Waals surface area contributed by atoms with Crippen LogP contribution in [0.1, 0.15) is 62.9 Å². The predicted octanol–water partition coefficient (Wildman–Crippen LogP) is 4.77. The zero-order chi connectivity index (χ0) is 22.5. The normalized spacial score (nSPS) is 22.5. The van der Waals surface area contributed by atoms with Crippen molar-refractivity contribution < 1.29 is 9.53 Å². The average molecular weight is 435 g/mol. The van der Waals surface area contributed by atoms with Gasteiger partial charge in [-0.3, -0.25) is 4.90 Å². The van der Waals surface area contributed by atoms with Crippen LogP contribution in [-0.2, 0) is 11.2 Å². The van der Waals surface area contributed by atoms with Gasteiger partial charge in [0.05, 0.1) is 0 Å². The van der Waals surface area contributed by atoms with E-state index in [1.165, 1.54) is 17.5 Å². The number of likely N-dealkylation sites (tertiary alicyclic amines) is 2. The monoisotopic (exact) mass is 434 g/mol. The summed E-state index contributed by atoms with van der Waals surface area (Å²) < 4.78 is 5.55. The molecule has 1 amide bonds. The van der Waals surface area contributed by atoms with Crippen molar-refractivity contribution in [1.29, 1.82) is 0 Å². The van der Waals surface area contributed by atoms with Crippen molar-refractivity contribution in [1.82, 2.24) is 19.8 Å². The lowest BCUT2D eigenvalue weighted by Crippen LogP contribution is -2.61. The molecule has 0 unspecified atom stereocenters. The van der Waals surface area contributed by atoms with E-state index < -0.39 is 5.60 Å². The Balaban J connectivity index is 1.20. The van der Waals surface area contributed by atoms with Gasteiger partial charge in [0.1, 0.15) is 5.60 Å². The molecule has 1 aliphatic carbocycles. The fourth-order valence-corrected chi connectivity index (χ4v) is 5.54. The van der Waals surface area contributed by atoms with Crippen molar-refractivity contribution in [2.24, 2.45) is 5.41 Å². The van der Waals surface area contributed by atoms with E-state index in [2.05, 4.69) is 33.1 Å². The smallest absolute Gasteiger partial charge is 0.410 e. The zero-order valence-electron chi connectivity index (χ0n) is 19.7. The number of rotatable bonds is 2. The Labute approximate surface area is 191 Å². The first-order valence-corrected chi connectivity index (χ1v) is 11.9. The molecule has 2 aromatic rings. The van der Waals surface area contributed by atoms with E-state index in [0.29, 0.717) is 11.5 Å². The standard InChI is InChI=1S/C26H34N4O2/c1-18-9-12-27-23(28-18)20-5-7-21-19(15-20)6-8-22(21)30-16-26(17-30)10-13-29(14-11-26)24(31)32-25(2,3)4/h5,7,9,12,15,22H,6,8,10-11,13-14,16-17H2,1-4H3/t22-/m1/s1.